The van der Waals surface area contributed by atoms with Crippen LogP contribution >= 0.6 is 0 Å². The van der Waals surface area contributed by atoms with Crippen LogP contribution < -0.4 is 5.73 Å². The van der Waals surface area contributed by atoms with Gasteiger partial charge in [0, 0.05) is 12.6 Å². The fraction of sp³-hybridized carbons (Fsp3) is 0.533. The molecule has 0 amide bonds. The molecule has 0 fully saturated rings. The lowest BCUT2D eigenvalue weighted by Crippen LogP contribution is -2.19. The number of nitrogens with two attached hydrogens (primary N) is 1. The van der Waals surface area contributed by atoms with Crippen molar-refractivity contribution < 1.29 is 4.52 Å². The van der Waals surface area contributed by atoms with Gasteiger partial charge in [0.2, 0.25) is 11.7 Å². The first kappa shape index (κ1) is 14.7. The van der Waals surface area contributed by atoms with Crippen molar-refractivity contribution in [3.8, 4) is 11.5 Å². The molecule has 2 N–H and O–H groups in total. The van der Waals surface area contributed by atoms with Crippen molar-refractivity contribution >= 4 is 0 Å². The van der Waals surface area contributed by atoms with Crippen LogP contribution in [-0.2, 0) is 6.42 Å². The van der Waals surface area contributed by atoms with Gasteiger partial charge in [-0.1, -0.05) is 25.1 Å². The fourth-order valence-electron chi connectivity index (χ4n) is 2.33. The maximum Gasteiger partial charge on any atom is 0.227 e. The molecule has 20 heavy (non-hydrogen) atoms. The average Bonchev–Trinajstić information content (AvgIpc) is 2.86. The van der Waals surface area contributed by atoms with E-state index in [2.05, 4.69) is 29.0 Å². The van der Waals surface area contributed by atoms with Gasteiger partial charge in [-0.25, -0.2) is 0 Å². The van der Waals surface area contributed by atoms with Crippen LogP contribution in [-0.4, -0.2) is 21.7 Å². The van der Waals surface area contributed by atoms with Crippen molar-refractivity contribution in [3.63, 3.8) is 0 Å². The minimum Gasteiger partial charge on any atom is -0.339 e. The highest BCUT2D eigenvalue weighted by Gasteiger charge is 2.16. The number of aromatic nitrogens is 3. The topological polar surface area (TPSA) is 77.8 Å². The third-order valence-corrected chi connectivity index (χ3v) is 3.29. The quantitative estimate of drug-likeness (QED) is 0.876. The Morgan fingerprint density at radius 3 is 2.80 bits per heavy atom. The zero-order valence-corrected chi connectivity index (χ0v) is 12.3. The zero-order valence-electron chi connectivity index (χ0n) is 12.3. The molecule has 0 aromatic carbocycles. The standard InChI is InChI=1S/C15H22N4O/c1-10(2)7-12(9-16)8-13-18-15(19-20-13)14-11(3)5-4-6-17-14/h4-6,10,12H,7-9,16H2,1-3H3. The van der Waals surface area contributed by atoms with Gasteiger partial charge in [0.05, 0.1) is 0 Å². The second-order valence-corrected chi connectivity index (χ2v) is 5.62. The summed E-state index contributed by atoms with van der Waals surface area (Å²) in [6.45, 7) is 7.01. The molecule has 0 aliphatic carbocycles. The second kappa shape index (κ2) is 6.61. The van der Waals surface area contributed by atoms with Crippen LogP contribution in [0, 0.1) is 18.8 Å². The van der Waals surface area contributed by atoms with Gasteiger partial charge >= 0.3 is 0 Å². The molecule has 0 aliphatic rings. The molecular formula is C15H22N4O. The Morgan fingerprint density at radius 1 is 1.35 bits per heavy atom. The number of aryl methyl sites for hydroxylation is 1. The normalized spacial score (nSPS) is 12.8. The van der Waals surface area contributed by atoms with E-state index in [0.717, 1.165) is 24.1 Å². The van der Waals surface area contributed by atoms with Crippen molar-refractivity contribution in [1.82, 2.24) is 15.1 Å². The number of hydrogen-bond acceptors (Lipinski definition) is 5. The predicted molar refractivity (Wildman–Crippen MR) is 78.0 cm³/mol. The van der Waals surface area contributed by atoms with E-state index < -0.39 is 0 Å². The molecule has 0 spiro atoms. The fourth-order valence-corrected chi connectivity index (χ4v) is 2.33. The molecule has 2 heterocycles. The Bertz CT molecular complexity index is 550. The summed E-state index contributed by atoms with van der Waals surface area (Å²) >= 11 is 0. The molecule has 2 rings (SSSR count). The molecular weight excluding hydrogens is 252 g/mol. The molecule has 1 atom stereocenters. The summed E-state index contributed by atoms with van der Waals surface area (Å²) in [6, 6.07) is 3.88. The molecule has 0 aliphatic heterocycles. The molecule has 2 aromatic heterocycles. The minimum atomic E-state index is 0.383. The van der Waals surface area contributed by atoms with E-state index in [0.29, 0.717) is 30.1 Å². The van der Waals surface area contributed by atoms with Crippen LogP contribution in [0.1, 0.15) is 31.7 Å². The van der Waals surface area contributed by atoms with E-state index in [1.54, 1.807) is 6.20 Å². The third-order valence-electron chi connectivity index (χ3n) is 3.29. The smallest absolute Gasteiger partial charge is 0.227 e. The largest absolute Gasteiger partial charge is 0.339 e. The van der Waals surface area contributed by atoms with E-state index in [-0.39, 0.29) is 0 Å². The van der Waals surface area contributed by atoms with Crippen molar-refractivity contribution in [2.45, 2.75) is 33.6 Å². The Hall–Kier alpha value is -1.75. The Labute approximate surface area is 119 Å². The van der Waals surface area contributed by atoms with Gasteiger partial charge in [-0.15, -0.1) is 0 Å². The molecule has 0 saturated carbocycles. The Balaban J connectivity index is 2.11. The monoisotopic (exact) mass is 274 g/mol. The van der Waals surface area contributed by atoms with Crippen LogP contribution in [0.2, 0.25) is 0 Å². The van der Waals surface area contributed by atoms with Gasteiger partial charge in [-0.05, 0) is 43.4 Å². The van der Waals surface area contributed by atoms with E-state index in [1.807, 2.05) is 19.1 Å². The van der Waals surface area contributed by atoms with Crippen LogP contribution in [0.5, 0.6) is 0 Å². The summed E-state index contributed by atoms with van der Waals surface area (Å²) in [6.07, 6.45) is 3.53. The van der Waals surface area contributed by atoms with Crippen LogP contribution in [0.3, 0.4) is 0 Å². The first-order valence-corrected chi connectivity index (χ1v) is 7.04. The van der Waals surface area contributed by atoms with Crippen LogP contribution in [0.4, 0.5) is 0 Å². The highest BCUT2D eigenvalue weighted by Crippen LogP contribution is 2.20. The lowest BCUT2D eigenvalue weighted by Gasteiger charge is -2.14. The summed E-state index contributed by atoms with van der Waals surface area (Å²) in [4.78, 5) is 8.74. The predicted octanol–water partition coefficient (Wildman–Crippen LogP) is 2.60. The van der Waals surface area contributed by atoms with Crippen molar-refractivity contribution in [3.05, 3.63) is 29.8 Å². The van der Waals surface area contributed by atoms with E-state index >= 15 is 0 Å². The van der Waals surface area contributed by atoms with E-state index in [4.69, 9.17) is 10.3 Å². The summed E-state index contributed by atoms with van der Waals surface area (Å²) in [5, 5.41) is 4.02. The Kier molecular flexibility index (Phi) is 4.84. The lowest BCUT2D eigenvalue weighted by molar-refractivity contribution is 0.332. The van der Waals surface area contributed by atoms with Gasteiger partial charge in [-0.2, -0.15) is 4.98 Å². The van der Waals surface area contributed by atoms with E-state index in [1.165, 1.54) is 0 Å². The zero-order chi connectivity index (χ0) is 14.5. The number of pyridine rings is 1. The van der Waals surface area contributed by atoms with Crippen LogP contribution in [0.25, 0.3) is 11.5 Å². The molecule has 0 saturated heterocycles. The van der Waals surface area contributed by atoms with Gasteiger partial charge in [0.15, 0.2) is 0 Å². The summed E-state index contributed by atoms with van der Waals surface area (Å²) in [5.74, 6) is 2.19. The van der Waals surface area contributed by atoms with Crippen molar-refractivity contribution in [1.29, 1.82) is 0 Å². The molecule has 2 aromatic rings. The average molecular weight is 274 g/mol. The maximum atomic E-state index is 5.81. The lowest BCUT2D eigenvalue weighted by atomic mass is 9.94. The first-order chi connectivity index (χ1) is 9.60. The second-order valence-electron chi connectivity index (χ2n) is 5.62. The summed E-state index contributed by atoms with van der Waals surface area (Å²) in [5.41, 5.74) is 7.62. The van der Waals surface area contributed by atoms with Gasteiger partial charge in [0.25, 0.3) is 0 Å². The molecule has 108 valence electrons. The van der Waals surface area contributed by atoms with Gasteiger partial charge in [-0.3, -0.25) is 4.98 Å². The summed E-state index contributed by atoms with van der Waals surface area (Å²) < 4.78 is 5.33. The highest BCUT2D eigenvalue weighted by atomic mass is 16.5. The number of rotatable bonds is 6. The molecule has 0 bridgehead atoms. The molecule has 5 nitrogen and oxygen atoms in total. The molecule has 5 heteroatoms. The summed E-state index contributed by atoms with van der Waals surface area (Å²) in [7, 11) is 0. The highest BCUT2D eigenvalue weighted by molar-refractivity contribution is 5.53. The minimum absolute atomic E-state index is 0.383. The van der Waals surface area contributed by atoms with E-state index in [9.17, 15) is 0 Å². The number of hydrogen-bond donors (Lipinski definition) is 1. The first-order valence-electron chi connectivity index (χ1n) is 7.04. The van der Waals surface area contributed by atoms with Gasteiger partial charge < -0.3 is 10.3 Å². The van der Waals surface area contributed by atoms with Crippen LogP contribution in [0.15, 0.2) is 22.9 Å². The Morgan fingerprint density at radius 2 is 2.15 bits per heavy atom. The van der Waals surface area contributed by atoms with Gasteiger partial charge in [0.1, 0.15) is 5.69 Å². The molecule has 0 radical (unpaired) electrons. The number of nitrogens with zero attached hydrogens (tertiary/aromatic N) is 3. The third kappa shape index (κ3) is 3.63. The van der Waals surface area contributed by atoms with Crippen molar-refractivity contribution in [2.75, 3.05) is 6.54 Å². The maximum absolute atomic E-state index is 5.81. The SMILES string of the molecule is Cc1cccnc1-c1noc(CC(CN)CC(C)C)n1. The molecule has 1 unspecified atom stereocenters. The van der Waals surface area contributed by atoms with Crippen molar-refractivity contribution in [2.24, 2.45) is 17.6 Å².